The van der Waals surface area contributed by atoms with Crippen molar-refractivity contribution in [3.63, 3.8) is 0 Å². The molecule has 0 fully saturated rings. The van der Waals surface area contributed by atoms with E-state index in [0.717, 1.165) is 10.0 Å². The zero-order chi connectivity index (χ0) is 11.3. The van der Waals surface area contributed by atoms with Crippen molar-refractivity contribution in [2.45, 2.75) is 18.9 Å². The predicted molar refractivity (Wildman–Crippen MR) is 62.5 cm³/mol. The van der Waals surface area contributed by atoms with Crippen molar-refractivity contribution >= 4 is 21.9 Å². The molecule has 1 rings (SSSR count). The molecule has 0 saturated heterocycles. The lowest BCUT2D eigenvalue weighted by Crippen LogP contribution is -2.26. The third kappa shape index (κ3) is 4.01. The Hall–Kier alpha value is -0.870. The monoisotopic (exact) mass is 271 g/mol. The molecule has 15 heavy (non-hydrogen) atoms. The van der Waals surface area contributed by atoms with E-state index in [9.17, 15) is 4.79 Å². The summed E-state index contributed by atoms with van der Waals surface area (Å²) in [5.41, 5.74) is 6.93. The quantitative estimate of drug-likeness (QED) is 0.851. The van der Waals surface area contributed by atoms with Gasteiger partial charge in [-0.05, 0) is 18.1 Å². The molecule has 0 unspecified atom stereocenters. The molecular formula is C11H14BrNO2. The minimum absolute atomic E-state index is 0.198. The maximum absolute atomic E-state index is 11.0. The molecule has 0 aromatic heterocycles. The molecule has 4 heteroatoms. The Balaban J connectivity index is 2.55. The minimum Gasteiger partial charge on any atom is -0.469 e. The van der Waals surface area contributed by atoms with E-state index in [0.29, 0.717) is 6.42 Å². The average molecular weight is 272 g/mol. The third-order valence-corrected chi connectivity index (χ3v) is 2.87. The summed E-state index contributed by atoms with van der Waals surface area (Å²) in [4.78, 5) is 11.0. The molecule has 82 valence electrons. The first-order valence-electron chi connectivity index (χ1n) is 4.69. The van der Waals surface area contributed by atoms with Crippen molar-refractivity contribution in [1.82, 2.24) is 0 Å². The Morgan fingerprint density at radius 2 is 2.20 bits per heavy atom. The van der Waals surface area contributed by atoms with Crippen LogP contribution in [0.4, 0.5) is 0 Å². The van der Waals surface area contributed by atoms with Crippen molar-refractivity contribution in [2.75, 3.05) is 7.11 Å². The van der Waals surface area contributed by atoms with E-state index in [-0.39, 0.29) is 18.4 Å². The van der Waals surface area contributed by atoms with Gasteiger partial charge in [-0.1, -0.05) is 34.1 Å². The first-order valence-corrected chi connectivity index (χ1v) is 5.48. The Morgan fingerprint density at radius 3 is 2.80 bits per heavy atom. The highest BCUT2D eigenvalue weighted by Gasteiger charge is 2.11. The summed E-state index contributed by atoms with van der Waals surface area (Å²) in [5.74, 6) is -0.269. The number of halogens is 1. The third-order valence-electron chi connectivity index (χ3n) is 2.10. The lowest BCUT2D eigenvalue weighted by Gasteiger charge is -2.11. The Bertz CT molecular complexity index is 341. The van der Waals surface area contributed by atoms with Crippen LogP contribution in [-0.2, 0) is 16.0 Å². The van der Waals surface area contributed by atoms with Gasteiger partial charge < -0.3 is 10.5 Å². The zero-order valence-corrected chi connectivity index (χ0v) is 10.2. The molecular weight excluding hydrogens is 258 g/mol. The van der Waals surface area contributed by atoms with Crippen molar-refractivity contribution in [1.29, 1.82) is 0 Å². The molecule has 0 spiro atoms. The number of hydrogen-bond acceptors (Lipinski definition) is 3. The molecule has 1 aromatic rings. The zero-order valence-electron chi connectivity index (χ0n) is 8.57. The van der Waals surface area contributed by atoms with Crippen molar-refractivity contribution in [3.8, 4) is 0 Å². The normalized spacial score (nSPS) is 12.2. The Kier molecular flexibility index (Phi) is 4.78. The standard InChI is InChI=1S/C11H14BrNO2/c1-15-11(14)7-9(13)6-8-4-2-3-5-10(8)12/h2-5,9H,6-7,13H2,1H3/t9-/m1/s1. The molecule has 0 aliphatic carbocycles. The van der Waals surface area contributed by atoms with E-state index in [2.05, 4.69) is 20.7 Å². The molecule has 0 bridgehead atoms. The van der Waals surface area contributed by atoms with Gasteiger partial charge in [-0.3, -0.25) is 4.79 Å². The molecule has 0 radical (unpaired) electrons. The van der Waals surface area contributed by atoms with Crippen LogP contribution in [0.2, 0.25) is 0 Å². The molecule has 3 nitrogen and oxygen atoms in total. The van der Waals surface area contributed by atoms with E-state index in [1.54, 1.807) is 0 Å². The second-order valence-corrected chi connectivity index (χ2v) is 4.19. The smallest absolute Gasteiger partial charge is 0.307 e. The molecule has 2 N–H and O–H groups in total. The van der Waals surface area contributed by atoms with Gasteiger partial charge in [-0.2, -0.15) is 0 Å². The molecule has 1 aromatic carbocycles. The second-order valence-electron chi connectivity index (χ2n) is 3.34. The lowest BCUT2D eigenvalue weighted by atomic mass is 10.0. The van der Waals surface area contributed by atoms with E-state index >= 15 is 0 Å². The number of methoxy groups -OCH3 is 1. The fraction of sp³-hybridized carbons (Fsp3) is 0.364. The summed E-state index contributed by atoms with van der Waals surface area (Å²) in [6.07, 6.45) is 0.911. The summed E-state index contributed by atoms with van der Waals surface area (Å²) in [6.45, 7) is 0. The molecule has 0 amide bonds. The van der Waals surface area contributed by atoms with Crippen LogP contribution in [0.5, 0.6) is 0 Å². The van der Waals surface area contributed by atoms with Gasteiger partial charge in [0, 0.05) is 10.5 Å². The number of rotatable bonds is 4. The number of ether oxygens (including phenoxy) is 1. The van der Waals surface area contributed by atoms with Gasteiger partial charge in [0.25, 0.3) is 0 Å². The van der Waals surface area contributed by atoms with Gasteiger partial charge in [-0.15, -0.1) is 0 Å². The topological polar surface area (TPSA) is 52.3 Å². The number of nitrogens with two attached hydrogens (primary N) is 1. The number of esters is 1. The summed E-state index contributed by atoms with van der Waals surface area (Å²) in [5, 5.41) is 0. The van der Waals surface area contributed by atoms with Gasteiger partial charge in [-0.25, -0.2) is 0 Å². The van der Waals surface area contributed by atoms with E-state index < -0.39 is 0 Å². The van der Waals surface area contributed by atoms with Crippen LogP contribution in [0, 0.1) is 0 Å². The van der Waals surface area contributed by atoms with Gasteiger partial charge in [0.1, 0.15) is 0 Å². The minimum atomic E-state index is -0.269. The van der Waals surface area contributed by atoms with Crippen LogP contribution in [0.3, 0.4) is 0 Å². The summed E-state index contributed by atoms with van der Waals surface area (Å²) in [7, 11) is 1.37. The summed E-state index contributed by atoms with van der Waals surface area (Å²) < 4.78 is 5.58. The van der Waals surface area contributed by atoms with Crippen LogP contribution >= 0.6 is 15.9 Å². The van der Waals surface area contributed by atoms with E-state index in [1.165, 1.54) is 7.11 Å². The van der Waals surface area contributed by atoms with Crippen LogP contribution in [-0.4, -0.2) is 19.1 Å². The highest BCUT2D eigenvalue weighted by Crippen LogP contribution is 2.17. The molecule has 1 atom stereocenters. The van der Waals surface area contributed by atoms with Crippen LogP contribution in [0.25, 0.3) is 0 Å². The fourth-order valence-electron chi connectivity index (χ4n) is 1.32. The predicted octanol–water partition coefficient (Wildman–Crippen LogP) is 1.88. The highest BCUT2D eigenvalue weighted by molar-refractivity contribution is 9.10. The first kappa shape index (κ1) is 12.2. The van der Waals surface area contributed by atoms with E-state index in [4.69, 9.17) is 5.73 Å². The summed E-state index contributed by atoms with van der Waals surface area (Å²) >= 11 is 3.44. The van der Waals surface area contributed by atoms with Crippen molar-refractivity contribution in [2.24, 2.45) is 5.73 Å². The van der Waals surface area contributed by atoms with Crippen LogP contribution < -0.4 is 5.73 Å². The average Bonchev–Trinajstić information content (AvgIpc) is 2.21. The number of carbonyl (C=O) groups excluding carboxylic acids is 1. The van der Waals surface area contributed by atoms with Gasteiger partial charge >= 0.3 is 5.97 Å². The SMILES string of the molecule is COC(=O)C[C@H](N)Cc1ccccc1Br. The number of carbonyl (C=O) groups is 1. The highest BCUT2D eigenvalue weighted by atomic mass is 79.9. The van der Waals surface area contributed by atoms with E-state index in [1.807, 2.05) is 24.3 Å². The number of hydrogen-bond donors (Lipinski definition) is 1. The Morgan fingerprint density at radius 1 is 1.53 bits per heavy atom. The maximum Gasteiger partial charge on any atom is 0.307 e. The number of benzene rings is 1. The van der Waals surface area contributed by atoms with Gasteiger partial charge in [0.05, 0.1) is 13.5 Å². The first-order chi connectivity index (χ1) is 7.13. The largest absolute Gasteiger partial charge is 0.469 e. The van der Waals surface area contributed by atoms with Crippen molar-refractivity contribution < 1.29 is 9.53 Å². The molecule has 0 saturated carbocycles. The van der Waals surface area contributed by atoms with Gasteiger partial charge in [0.15, 0.2) is 0 Å². The Labute approximate surface area is 97.7 Å². The van der Waals surface area contributed by atoms with Crippen molar-refractivity contribution in [3.05, 3.63) is 34.3 Å². The van der Waals surface area contributed by atoms with Crippen LogP contribution in [0.1, 0.15) is 12.0 Å². The van der Waals surface area contributed by atoms with Crippen LogP contribution in [0.15, 0.2) is 28.7 Å². The molecule has 0 heterocycles. The maximum atomic E-state index is 11.0. The summed E-state index contributed by atoms with van der Waals surface area (Å²) in [6, 6.07) is 7.64. The lowest BCUT2D eigenvalue weighted by molar-refractivity contribution is -0.140. The fourth-order valence-corrected chi connectivity index (χ4v) is 1.76. The molecule has 0 aliphatic rings. The molecule has 0 aliphatic heterocycles. The van der Waals surface area contributed by atoms with Gasteiger partial charge in [0.2, 0.25) is 0 Å². The second kappa shape index (κ2) is 5.88.